The van der Waals surface area contributed by atoms with E-state index in [2.05, 4.69) is 5.32 Å². The number of piperazine rings is 1. The van der Waals surface area contributed by atoms with Crippen LogP contribution < -0.4 is 5.32 Å². The van der Waals surface area contributed by atoms with Crippen molar-refractivity contribution in [1.82, 2.24) is 15.1 Å². The quantitative estimate of drug-likeness (QED) is 0.815. The third-order valence-electron chi connectivity index (χ3n) is 5.31. The summed E-state index contributed by atoms with van der Waals surface area (Å²) < 4.78 is 5.47. The number of ether oxygens (including phenoxy) is 1. The molecule has 7 nitrogen and oxygen atoms in total. The first-order chi connectivity index (χ1) is 12.6. The molecule has 0 bridgehead atoms. The maximum absolute atomic E-state index is 13.2. The SMILES string of the molecule is CC(=O)N[C@H](C(=O)N1CCN(C(=O)OC(C)(C)C)[C@@H](C)C1)C1CCCCC1. The maximum Gasteiger partial charge on any atom is 0.410 e. The lowest BCUT2D eigenvalue weighted by Gasteiger charge is -2.42. The summed E-state index contributed by atoms with van der Waals surface area (Å²) in [5, 5.41) is 2.89. The number of carbonyl (C=O) groups is 3. The van der Waals surface area contributed by atoms with Crippen LogP contribution in [0.5, 0.6) is 0 Å². The number of carbonyl (C=O) groups excluding carboxylic acids is 3. The molecule has 0 aromatic carbocycles. The van der Waals surface area contributed by atoms with Crippen molar-refractivity contribution >= 4 is 17.9 Å². The van der Waals surface area contributed by atoms with Crippen LogP contribution in [-0.4, -0.2) is 65.0 Å². The smallest absolute Gasteiger partial charge is 0.410 e. The van der Waals surface area contributed by atoms with Crippen LogP contribution in [0, 0.1) is 5.92 Å². The first kappa shape index (κ1) is 21.5. The van der Waals surface area contributed by atoms with E-state index in [1.165, 1.54) is 13.3 Å². The van der Waals surface area contributed by atoms with Crippen LogP contribution in [0.1, 0.15) is 66.7 Å². The first-order valence-corrected chi connectivity index (χ1v) is 10.1. The molecule has 154 valence electrons. The van der Waals surface area contributed by atoms with Gasteiger partial charge in [0.25, 0.3) is 0 Å². The van der Waals surface area contributed by atoms with Crippen LogP contribution in [0.3, 0.4) is 0 Å². The lowest BCUT2D eigenvalue weighted by molar-refractivity contribution is -0.140. The van der Waals surface area contributed by atoms with Crippen LogP contribution in [0.25, 0.3) is 0 Å². The van der Waals surface area contributed by atoms with Gasteiger partial charge in [-0.15, -0.1) is 0 Å². The number of hydrogen-bond donors (Lipinski definition) is 1. The molecule has 0 unspecified atom stereocenters. The van der Waals surface area contributed by atoms with Gasteiger partial charge in [-0.1, -0.05) is 19.3 Å². The maximum atomic E-state index is 13.2. The van der Waals surface area contributed by atoms with Crippen molar-refractivity contribution < 1.29 is 19.1 Å². The topological polar surface area (TPSA) is 79.0 Å². The summed E-state index contributed by atoms with van der Waals surface area (Å²) in [4.78, 5) is 40.7. The van der Waals surface area contributed by atoms with Crippen LogP contribution in [0.2, 0.25) is 0 Å². The van der Waals surface area contributed by atoms with Crippen molar-refractivity contribution in [3.8, 4) is 0 Å². The molecule has 3 amide bonds. The van der Waals surface area contributed by atoms with Gasteiger partial charge in [-0.3, -0.25) is 9.59 Å². The van der Waals surface area contributed by atoms with E-state index >= 15 is 0 Å². The summed E-state index contributed by atoms with van der Waals surface area (Å²) in [5.41, 5.74) is -0.540. The Balaban J connectivity index is 2.01. The van der Waals surface area contributed by atoms with Crippen molar-refractivity contribution in [2.45, 2.75) is 84.4 Å². The van der Waals surface area contributed by atoms with E-state index in [4.69, 9.17) is 4.74 Å². The van der Waals surface area contributed by atoms with Gasteiger partial charge in [-0.25, -0.2) is 4.79 Å². The monoisotopic (exact) mass is 381 g/mol. The lowest BCUT2D eigenvalue weighted by Crippen LogP contribution is -2.60. The van der Waals surface area contributed by atoms with Crippen molar-refractivity contribution in [2.75, 3.05) is 19.6 Å². The molecule has 1 saturated heterocycles. The van der Waals surface area contributed by atoms with Crippen LogP contribution in [0.15, 0.2) is 0 Å². The fourth-order valence-corrected chi connectivity index (χ4v) is 4.01. The minimum Gasteiger partial charge on any atom is -0.444 e. The third-order valence-corrected chi connectivity index (χ3v) is 5.31. The second-order valence-electron chi connectivity index (χ2n) is 8.88. The van der Waals surface area contributed by atoms with E-state index in [1.54, 1.807) is 9.80 Å². The van der Waals surface area contributed by atoms with Crippen molar-refractivity contribution in [3.63, 3.8) is 0 Å². The highest BCUT2D eigenvalue weighted by Gasteiger charge is 2.37. The van der Waals surface area contributed by atoms with Crippen molar-refractivity contribution in [3.05, 3.63) is 0 Å². The Labute approximate surface area is 162 Å². The molecule has 7 heteroatoms. The zero-order valence-electron chi connectivity index (χ0n) is 17.4. The van der Waals surface area contributed by atoms with E-state index in [0.29, 0.717) is 19.6 Å². The fraction of sp³-hybridized carbons (Fsp3) is 0.850. The largest absolute Gasteiger partial charge is 0.444 e. The van der Waals surface area contributed by atoms with Crippen LogP contribution >= 0.6 is 0 Å². The van der Waals surface area contributed by atoms with Gasteiger partial charge < -0.3 is 19.9 Å². The Hall–Kier alpha value is -1.79. The molecule has 27 heavy (non-hydrogen) atoms. The normalized spacial score (nSPS) is 22.9. The van der Waals surface area contributed by atoms with Gasteiger partial charge in [0.1, 0.15) is 11.6 Å². The van der Waals surface area contributed by atoms with Gasteiger partial charge in [-0.2, -0.15) is 0 Å². The summed E-state index contributed by atoms with van der Waals surface area (Å²) in [5.74, 6) is 0.0153. The Kier molecular flexibility index (Phi) is 7.12. The van der Waals surface area contributed by atoms with E-state index in [1.807, 2.05) is 27.7 Å². The molecule has 2 fully saturated rings. The molecule has 0 radical (unpaired) electrons. The molecule has 1 saturated carbocycles. The summed E-state index contributed by atoms with van der Waals surface area (Å²) in [6, 6.07) is -0.579. The number of rotatable bonds is 3. The second kappa shape index (κ2) is 8.93. The number of hydrogen-bond acceptors (Lipinski definition) is 4. The average molecular weight is 382 g/mol. The van der Waals surface area contributed by atoms with E-state index < -0.39 is 11.6 Å². The lowest BCUT2D eigenvalue weighted by atomic mass is 9.83. The zero-order valence-corrected chi connectivity index (χ0v) is 17.4. The number of amides is 3. The van der Waals surface area contributed by atoms with E-state index in [0.717, 1.165) is 25.7 Å². The second-order valence-corrected chi connectivity index (χ2v) is 8.88. The molecular weight excluding hydrogens is 346 g/mol. The standard InChI is InChI=1S/C20H35N3O4/c1-14-13-22(11-12-23(14)19(26)27-20(3,4)5)18(25)17(21-15(2)24)16-9-7-6-8-10-16/h14,16-17H,6-13H2,1-5H3,(H,21,24)/t14-,17-/m0/s1. The Morgan fingerprint density at radius 3 is 2.22 bits per heavy atom. The van der Waals surface area contributed by atoms with Crippen molar-refractivity contribution in [2.24, 2.45) is 5.92 Å². The zero-order chi connectivity index (χ0) is 20.2. The van der Waals surface area contributed by atoms with Gasteiger partial charge in [0.05, 0.1) is 0 Å². The molecule has 0 aromatic rings. The van der Waals surface area contributed by atoms with Gasteiger partial charge in [-0.05, 0) is 46.5 Å². The molecule has 0 aromatic heterocycles. The predicted octanol–water partition coefficient (Wildman–Crippen LogP) is 2.54. The summed E-state index contributed by atoms with van der Waals surface area (Å²) >= 11 is 0. The van der Waals surface area contributed by atoms with Gasteiger partial charge in [0.15, 0.2) is 0 Å². The highest BCUT2D eigenvalue weighted by atomic mass is 16.6. The number of nitrogens with zero attached hydrogens (tertiary/aromatic N) is 2. The van der Waals surface area contributed by atoms with Gasteiger partial charge in [0.2, 0.25) is 11.8 Å². The molecular formula is C20H35N3O4. The van der Waals surface area contributed by atoms with Gasteiger partial charge >= 0.3 is 6.09 Å². The van der Waals surface area contributed by atoms with E-state index in [9.17, 15) is 14.4 Å². The highest BCUT2D eigenvalue weighted by Crippen LogP contribution is 2.28. The molecule has 1 aliphatic carbocycles. The summed E-state index contributed by atoms with van der Waals surface area (Å²) in [6.45, 7) is 10.3. The van der Waals surface area contributed by atoms with Crippen LogP contribution in [0.4, 0.5) is 4.79 Å². The minimum atomic E-state index is -0.540. The molecule has 1 N–H and O–H groups in total. The summed E-state index contributed by atoms with van der Waals surface area (Å²) in [7, 11) is 0. The fourth-order valence-electron chi connectivity index (χ4n) is 4.01. The Morgan fingerprint density at radius 2 is 1.70 bits per heavy atom. The Morgan fingerprint density at radius 1 is 1.07 bits per heavy atom. The number of nitrogens with one attached hydrogen (secondary N) is 1. The average Bonchev–Trinajstić information content (AvgIpc) is 2.58. The highest BCUT2D eigenvalue weighted by molar-refractivity contribution is 5.87. The van der Waals surface area contributed by atoms with Crippen molar-refractivity contribution in [1.29, 1.82) is 0 Å². The molecule has 1 aliphatic heterocycles. The van der Waals surface area contributed by atoms with Crippen LogP contribution in [-0.2, 0) is 14.3 Å². The molecule has 2 rings (SSSR count). The van der Waals surface area contributed by atoms with E-state index in [-0.39, 0.29) is 29.9 Å². The van der Waals surface area contributed by atoms with Gasteiger partial charge in [0, 0.05) is 32.6 Å². The third kappa shape index (κ3) is 6.11. The summed E-state index contributed by atoms with van der Waals surface area (Å²) in [6.07, 6.45) is 5.03. The first-order valence-electron chi connectivity index (χ1n) is 10.1. The minimum absolute atomic E-state index is 0.0206. The Bertz CT molecular complexity index is 552. The molecule has 2 atom stereocenters. The molecule has 0 spiro atoms. The predicted molar refractivity (Wildman–Crippen MR) is 103 cm³/mol. The molecule has 1 heterocycles. The molecule has 2 aliphatic rings.